The van der Waals surface area contributed by atoms with Crippen molar-refractivity contribution in [3.05, 3.63) is 65.2 Å². The van der Waals surface area contributed by atoms with Crippen molar-refractivity contribution in [2.75, 3.05) is 25.2 Å². The van der Waals surface area contributed by atoms with Crippen LogP contribution in [0.2, 0.25) is 0 Å². The van der Waals surface area contributed by atoms with E-state index >= 15 is 0 Å². The SMILES string of the molecule is C=CCN1C(N)=C(C(=O)OCC)[C@@]2(C(=O)OC(C)=C2C(=O)OC)c2ccccc21. The summed E-state index contributed by atoms with van der Waals surface area (Å²) in [7, 11) is 1.19. The number of cyclic esters (lactones) is 1. The molecule has 0 unspecified atom stereocenters. The highest BCUT2D eigenvalue weighted by atomic mass is 16.6. The molecule has 8 heteroatoms. The molecule has 0 aromatic heterocycles. The summed E-state index contributed by atoms with van der Waals surface area (Å²) in [6.45, 7) is 7.16. The number of anilines is 1. The van der Waals surface area contributed by atoms with Crippen LogP contribution in [0.25, 0.3) is 0 Å². The number of hydrogen-bond donors (Lipinski definition) is 1. The lowest BCUT2D eigenvalue weighted by atomic mass is 9.66. The molecule has 0 aliphatic carbocycles. The Bertz CT molecular complexity index is 977. The Morgan fingerprint density at radius 2 is 1.97 bits per heavy atom. The number of methoxy groups -OCH3 is 1. The summed E-state index contributed by atoms with van der Waals surface area (Å²) >= 11 is 0. The van der Waals surface area contributed by atoms with E-state index in [0.717, 1.165) is 0 Å². The molecule has 0 saturated heterocycles. The number of nitrogens with two attached hydrogens (primary N) is 1. The van der Waals surface area contributed by atoms with E-state index in [9.17, 15) is 14.4 Å². The standard InChI is InChI=1S/C21H22N2O6/c1-5-11-23-14-10-8-7-9-13(14)21(16(17(23)22)19(25)28-6-2)15(18(24)27-4)12(3)29-20(21)26/h5,7-10H,1,6,11,22H2,2-4H3/t21-/m1/s1. The van der Waals surface area contributed by atoms with Gasteiger partial charge in [-0.15, -0.1) is 6.58 Å². The summed E-state index contributed by atoms with van der Waals surface area (Å²) in [5, 5.41) is 0. The van der Waals surface area contributed by atoms with Gasteiger partial charge in [0.1, 0.15) is 22.7 Å². The average molecular weight is 398 g/mol. The molecule has 8 nitrogen and oxygen atoms in total. The highest BCUT2D eigenvalue weighted by Crippen LogP contribution is 2.53. The minimum Gasteiger partial charge on any atom is -0.466 e. The smallest absolute Gasteiger partial charge is 0.339 e. The van der Waals surface area contributed by atoms with Crippen molar-refractivity contribution in [2.24, 2.45) is 5.73 Å². The molecule has 1 spiro atoms. The van der Waals surface area contributed by atoms with E-state index in [-0.39, 0.29) is 35.9 Å². The van der Waals surface area contributed by atoms with Gasteiger partial charge in [0.25, 0.3) is 0 Å². The predicted molar refractivity (Wildman–Crippen MR) is 104 cm³/mol. The summed E-state index contributed by atoms with van der Waals surface area (Å²) in [6, 6.07) is 6.86. The van der Waals surface area contributed by atoms with Crippen LogP contribution in [0.4, 0.5) is 5.69 Å². The van der Waals surface area contributed by atoms with Crippen LogP contribution in [-0.4, -0.2) is 38.2 Å². The van der Waals surface area contributed by atoms with Crippen LogP contribution in [0.5, 0.6) is 0 Å². The fraction of sp³-hybridized carbons (Fsp3) is 0.286. The van der Waals surface area contributed by atoms with Gasteiger partial charge < -0.3 is 24.8 Å². The molecule has 0 radical (unpaired) electrons. The second-order valence-electron chi connectivity index (χ2n) is 6.46. The minimum atomic E-state index is -1.89. The maximum absolute atomic E-state index is 13.3. The van der Waals surface area contributed by atoms with Crippen LogP contribution >= 0.6 is 0 Å². The van der Waals surface area contributed by atoms with Gasteiger partial charge in [-0.05, 0) is 19.9 Å². The van der Waals surface area contributed by atoms with E-state index in [1.54, 1.807) is 42.2 Å². The molecule has 152 valence electrons. The number of carbonyl (C=O) groups is 3. The lowest BCUT2D eigenvalue weighted by Gasteiger charge is -2.40. The van der Waals surface area contributed by atoms with E-state index in [1.807, 2.05) is 0 Å². The zero-order valence-corrected chi connectivity index (χ0v) is 16.5. The summed E-state index contributed by atoms with van der Waals surface area (Å²) in [5.41, 5.74) is 5.16. The monoisotopic (exact) mass is 398 g/mol. The van der Waals surface area contributed by atoms with Gasteiger partial charge >= 0.3 is 17.9 Å². The molecule has 29 heavy (non-hydrogen) atoms. The summed E-state index contributed by atoms with van der Waals surface area (Å²) < 4.78 is 15.5. The zero-order valence-electron chi connectivity index (χ0n) is 16.5. The van der Waals surface area contributed by atoms with E-state index in [1.165, 1.54) is 14.0 Å². The summed E-state index contributed by atoms with van der Waals surface area (Å²) in [4.78, 5) is 40.7. The maximum atomic E-state index is 13.3. The Balaban J connectivity index is 2.47. The van der Waals surface area contributed by atoms with Crippen LogP contribution in [-0.2, 0) is 34.0 Å². The Morgan fingerprint density at radius 3 is 2.59 bits per heavy atom. The Hall–Kier alpha value is -3.55. The van der Waals surface area contributed by atoms with Gasteiger partial charge in [-0.25, -0.2) is 14.4 Å². The zero-order chi connectivity index (χ0) is 21.3. The number of para-hydroxylation sites is 1. The van der Waals surface area contributed by atoms with Crippen LogP contribution in [0, 0.1) is 0 Å². The van der Waals surface area contributed by atoms with Crippen LogP contribution < -0.4 is 10.6 Å². The molecule has 2 heterocycles. The number of rotatable bonds is 5. The number of allylic oxidation sites excluding steroid dienone is 1. The molecule has 2 N–H and O–H groups in total. The Labute approximate surface area is 168 Å². The molecule has 2 aliphatic rings. The highest BCUT2D eigenvalue weighted by Gasteiger charge is 2.63. The lowest BCUT2D eigenvalue weighted by molar-refractivity contribution is -0.146. The normalized spacial score (nSPS) is 20.5. The molecule has 0 fully saturated rings. The predicted octanol–water partition coefficient (Wildman–Crippen LogP) is 1.67. The molecular formula is C21H22N2O6. The van der Waals surface area contributed by atoms with E-state index in [2.05, 4.69) is 6.58 Å². The number of benzene rings is 1. The first kappa shape index (κ1) is 20.2. The average Bonchev–Trinajstić information content (AvgIpc) is 2.95. The number of hydrogen-bond acceptors (Lipinski definition) is 8. The van der Waals surface area contributed by atoms with Gasteiger partial charge in [0.2, 0.25) is 0 Å². The fourth-order valence-corrected chi connectivity index (χ4v) is 3.91. The topological polar surface area (TPSA) is 108 Å². The van der Waals surface area contributed by atoms with Crippen molar-refractivity contribution in [3.8, 4) is 0 Å². The second-order valence-corrected chi connectivity index (χ2v) is 6.46. The van der Waals surface area contributed by atoms with Crippen molar-refractivity contribution >= 4 is 23.6 Å². The molecule has 3 rings (SSSR count). The van der Waals surface area contributed by atoms with Gasteiger partial charge in [-0.1, -0.05) is 24.3 Å². The fourth-order valence-electron chi connectivity index (χ4n) is 3.91. The van der Waals surface area contributed by atoms with Gasteiger partial charge in [-0.3, -0.25) is 0 Å². The Morgan fingerprint density at radius 1 is 1.28 bits per heavy atom. The van der Waals surface area contributed by atoms with Crippen molar-refractivity contribution in [2.45, 2.75) is 19.3 Å². The third-order valence-corrected chi connectivity index (χ3v) is 4.98. The Kier molecular flexibility index (Phi) is 5.19. The van der Waals surface area contributed by atoms with Gasteiger partial charge in [0.05, 0.1) is 13.7 Å². The molecule has 0 saturated carbocycles. The molecule has 1 aromatic rings. The molecule has 2 aliphatic heterocycles. The lowest BCUT2D eigenvalue weighted by Crippen LogP contribution is -2.50. The number of fused-ring (bicyclic) bond motifs is 2. The quantitative estimate of drug-likeness (QED) is 0.453. The first-order valence-electron chi connectivity index (χ1n) is 9.03. The first-order valence-corrected chi connectivity index (χ1v) is 9.03. The number of ether oxygens (including phenoxy) is 3. The van der Waals surface area contributed by atoms with Crippen molar-refractivity contribution in [3.63, 3.8) is 0 Å². The molecular weight excluding hydrogens is 376 g/mol. The second kappa shape index (κ2) is 7.46. The van der Waals surface area contributed by atoms with E-state index in [0.29, 0.717) is 11.3 Å². The third-order valence-electron chi connectivity index (χ3n) is 4.98. The highest BCUT2D eigenvalue weighted by molar-refractivity contribution is 6.16. The largest absolute Gasteiger partial charge is 0.466 e. The van der Waals surface area contributed by atoms with E-state index in [4.69, 9.17) is 19.9 Å². The molecule has 1 atom stereocenters. The van der Waals surface area contributed by atoms with Crippen molar-refractivity contribution < 1.29 is 28.6 Å². The van der Waals surface area contributed by atoms with Crippen molar-refractivity contribution in [1.82, 2.24) is 0 Å². The molecule has 1 aromatic carbocycles. The molecule has 0 amide bonds. The maximum Gasteiger partial charge on any atom is 0.339 e. The summed E-state index contributed by atoms with van der Waals surface area (Å²) in [5.74, 6) is -2.40. The van der Waals surface area contributed by atoms with Gasteiger partial charge in [0, 0.05) is 17.8 Å². The third kappa shape index (κ3) is 2.71. The van der Waals surface area contributed by atoms with Crippen molar-refractivity contribution in [1.29, 1.82) is 0 Å². The summed E-state index contributed by atoms with van der Waals surface area (Å²) in [6.07, 6.45) is 1.61. The van der Waals surface area contributed by atoms with Crippen LogP contribution in [0.3, 0.4) is 0 Å². The number of nitrogens with zero attached hydrogens (tertiary/aromatic N) is 1. The van der Waals surface area contributed by atoms with Crippen LogP contribution in [0.15, 0.2) is 59.6 Å². The van der Waals surface area contributed by atoms with Gasteiger partial charge in [0.15, 0.2) is 5.41 Å². The first-order chi connectivity index (χ1) is 13.9. The number of esters is 3. The van der Waals surface area contributed by atoms with E-state index < -0.39 is 23.3 Å². The minimum absolute atomic E-state index is 0.0184. The van der Waals surface area contributed by atoms with Crippen LogP contribution in [0.1, 0.15) is 19.4 Å². The van der Waals surface area contributed by atoms with Gasteiger partial charge in [-0.2, -0.15) is 0 Å². The number of carbonyl (C=O) groups excluding carboxylic acids is 3. The molecule has 0 bridgehead atoms.